The lowest BCUT2D eigenvalue weighted by atomic mass is 10.3. The highest BCUT2D eigenvalue weighted by molar-refractivity contribution is 5.75. The van der Waals surface area contributed by atoms with E-state index in [0.717, 1.165) is 5.56 Å². The van der Waals surface area contributed by atoms with Crippen LogP contribution in [0.1, 0.15) is 5.56 Å². The van der Waals surface area contributed by atoms with Crippen molar-refractivity contribution in [2.45, 2.75) is 19.6 Å². The number of carbonyl (C=O) groups excluding carboxylic acids is 1. The van der Waals surface area contributed by atoms with Crippen molar-refractivity contribution < 1.29 is 19.0 Å². The number of hydrogen-bond acceptors (Lipinski definition) is 4. The number of nitrogens with zero attached hydrogens (tertiary/aromatic N) is 2. The van der Waals surface area contributed by atoms with E-state index >= 15 is 0 Å². The van der Waals surface area contributed by atoms with Gasteiger partial charge in [0.2, 0.25) is 5.91 Å². The fourth-order valence-electron chi connectivity index (χ4n) is 1.77. The Hall–Kier alpha value is -2.41. The Balaban J connectivity index is 1.67. The topological polar surface area (TPSA) is 76.4 Å². The number of rotatable bonds is 7. The molecule has 0 aliphatic carbocycles. The second-order valence-electron chi connectivity index (χ2n) is 4.94. The number of aliphatic hydroxyl groups excluding tert-OH is 1. The third-order valence-corrected chi connectivity index (χ3v) is 2.86. The minimum absolute atomic E-state index is 0.00674. The molecule has 0 spiro atoms. The number of aliphatic hydroxyl groups is 1. The van der Waals surface area contributed by atoms with Crippen LogP contribution >= 0.6 is 0 Å². The summed E-state index contributed by atoms with van der Waals surface area (Å²) in [7, 11) is 0. The van der Waals surface area contributed by atoms with Crippen molar-refractivity contribution in [1.29, 1.82) is 0 Å². The van der Waals surface area contributed by atoms with Gasteiger partial charge in [-0.3, -0.25) is 9.48 Å². The first kappa shape index (κ1) is 16.0. The van der Waals surface area contributed by atoms with Gasteiger partial charge in [-0.1, -0.05) is 0 Å². The number of nitrogens with one attached hydrogen (secondary N) is 1. The van der Waals surface area contributed by atoms with Gasteiger partial charge in [-0.05, 0) is 36.8 Å². The van der Waals surface area contributed by atoms with Crippen LogP contribution in [0.2, 0.25) is 0 Å². The van der Waals surface area contributed by atoms with E-state index in [9.17, 15) is 14.3 Å². The molecule has 22 heavy (non-hydrogen) atoms. The van der Waals surface area contributed by atoms with Gasteiger partial charge in [-0.25, -0.2) is 4.39 Å². The van der Waals surface area contributed by atoms with Crippen LogP contribution in [0.25, 0.3) is 0 Å². The first-order chi connectivity index (χ1) is 10.5. The Morgan fingerprint density at radius 2 is 2.18 bits per heavy atom. The summed E-state index contributed by atoms with van der Waals surface area (Å²) >= 11 is 0. The van der Waals surface area contributed by atoms with Crippen molar-refractivity contribution in [2.24, 2.45) is 0 Å². The molecule has 0 bridgehead atoms. The summed E-state index contributed by atoms with van der Waals surface area (Å²) in [5, 5.41) is 16.3. The lowest BCUT2D eigenvalue weighted by molar-refractivity contribution is -0.122. The van der Waals surface area contributed by atoms with Gasteiger partial charge < -0.3 is 15.2 Å². The molecule has 0 radical (unpaired) electrons. The fraction of sp³-hybridized carbons (Fsp3) is 0.333. The Morgan fingerprint density at radius 1 is 1.45 bits per heavy atom. The summed E-state index contributed by atoms with van der Waals surface area (Å²) in [6.45, 7) is 2.06. The zero-order valence-corrected chi connectivity index (χ0v) is 12.2. The van der Waals surface area contributed by atoms with Crippen molar-refractivity contribution in [3.8, 4) is 5.75 Å². The monoisotopic (exact) mass is 307 g/mol. The fourth-order valence-corrected chi connectivity index (χ4v) is 1.77. The normalized spacial score (nSPS) is 12.0. The molecular formula is C15H18FN3O3. The standard InChI is InChI=1S/C15H18FN3O3/c1-11-6-18-19(8-11)9-15(21)17-7-13(20)10-22-14-4-2-12(16)3-5-14/h2-6,8,13,20H,7,9-10H2,1H3,(H,17,21). The third-order valence-electron chi connectivity index (χ3n) is 2.86. The summed E-state index contributed by atoms with van der Waals surface area (Å²) in [6.07, 6.45) is 2.57. The van der Waals surface area contributed by atoms with Crippen molar-refractivity contribution >= 4 is 5.91 Å². The Bertz CT molecular complexity index is 613. The highest BCUT2D eigenvalue weighted by Crippen LogP contribution is 2.11. The zero-order chi connectivity index (χ0) is 15.9. The molecule has 118 valence electrons. The van der Waals surface area contributed by atoms with Crippen LogP contribution in [0.5, 0.6) is 5.75 Å². The van der Waals surface area contributed by atoms with Crippen LogP contribution in [0.3, 0.4) is 0 Å². The van der Waals surface area contributed by atoms with Crippen LogP contribution in [0, 0.1) is 12.7 Å². The van der Waals surface area contributed by atoms with E-state index in [1.807, 2.05) is 6.92 Å². The molecule has 7 heteroatoms. The molecule has 1 atom stereocenters. The van der Waals surface area contributed by atoms with Crippen molar-refractivity contribution in [3.05, 3.63) is 48.0 Å². The van der Waals surface area contributed by atoms with Crippen LogP contribution in [-0.2, 0) is 11.3 Å². The first-order valence-electron chi connectivity index (χ1n) is 6.85. The average Bonchev–Trinajstić information content (AvgIpc) is 2.89. The van der Waals surface area contributed by atoms with E-state index < -0.39 is 6.10 Å². The van der Waals surface area contributed by atoms with Crippen LogP contribution in [-0.4, -0.2) is 40.0 Å². The summed E-state index contributed by atoms with van der Waals surface area (Å²) in [5.41, 5.74) is 0.973. The number of hydrogen-bond donors (Lipinski definition) is 2. The van der Waals surface area contributed by atoms with Gasteiger partial charge in [-0.2, -0.15) is 5.10 Å². The van der Waals surface area contributed by atoms with Gasteiger partial charge in [-0.15, -0.1) is 0 Å². The van der Waals surface area contributed by atoms with Crippen molar-refractivity contribution in [1.82, 2.24) is 15.1 Å². The summed E-state index contributed by atoms with van der Waals surface area (Å²) in [4.78, 5) is 11.7. The first-order valence-corrected chi connectivity index (χ1v) is 6.85. The number of aromatic nitrogens is 2. The Morgan fingerprint density at radius 3 is 2.82 bits per heavy atom. The molecule has 0 fully saturated rings. The van der Waals surface area contributed by atoms with Gasteiger partial charge >= 0.3 is 0 Å². The predicted octanol–water partition coefficient (Wildman–Crippen LogP) is 0.887. The third kappa shape index (κ3) is 5.17. The van der Waals surface area contributed by atoms with E-state index in [0.29, 0.717) is 5.75 Å². The van der Waals surface area contributed by atoms with E-state index in [2.05, 4.69) is 10.4 Å². The molecular weight excluding hydrogens is 289 g/mol. The van der Waals surface area contributed by atoms with Gasteiger partial charge in [0, 0.05) is 12.7 Å². The SMILES string of the molecule is Cc1cnn(CC(=O)NCC(O)COc2ccc(F)cc2)c1. The number of ether oxygens (including phenoxy) is 1. The highest BCUT2D eigenvalue weighted by atomic mass is 19.1. The molecule has 2 N–H and O–H groups in total. The van der Waals surface area contributed by atoms with E-state index in [-0.39, 0.29) is 31.4 Å². The minimum Gasteiger partial charge on any atom is -0.491 e. The number of carbonyl (C=O) groups is 1. The average molecular weight is 307 g/mol. The largest absolute Gasteiger partial charge is 0.491 e. The summed E-state index contributed by atoms with van der Waals surface area (Å²) in [6, 6.07) is 5.49. The molecule has 0 aliphatic rings. The quantitative estimate of drug-likeness (QED) is 0.796. The Kier molecular flexibility index (Phi) is 5.48. The molecule has 1 unspecified atom stereocenters. The molecule has 2 rings (SSSR count). The van der Waals surface area contributed by atoms with Crippen LogP contribution in [0.4, 0.5) is 4.39 Å². The molecule has 1 aromatic carbocycles. The van der Waals surface area contributed by atoms with E-state index in [4.69, 9.17) is 4.74 Å². The molecule has 0 aliphatic heterocycles. The molecule has 1 amide bonds. The molecule has 0 saturated carbocycles. The number of aryl methyl sites for hydroxylation is 1. The zero-order valence-electron chi connectivity index (χ0n) is 12.2. The second kappa shape index (κ2) is 7.56. The maximum atomic E-state index is 12.7. The predicted molar refractivity (Wildman–Crippen MR) is 77.9 cm³/mol. The van der Waals surface area contributed by atoms with Gasteiger partial charge in [0.15, 0.2) is 0 Å². The number of benzene rings is 1. The molecule has 6 nitrogen and oxygen atoms in total. The number of amides is 1. The molecule has 1 aromatic heterocycles. The van der Waals surface area contributed by atoms with E-state index in [1.165, 1.54) is 28.9 Å². The maximum absolute atomic E-state index is 12.7. The maximum Gasteiger partial charge on any atom is 0.241 e. The van der Waals surface area contributed by atoms with Crippen LogP contribution in [0.15, 0.2) is 36.7 Å². The second-order valence-corrected chi connectivity index (χ2v) is 4.94. The minimum atomic E-state index is -0.853. The molecule has 1 heterocycles. The number of halogens is 1. The van der Waals surface area contributed by atoms with Crippen LogP contribution < -0.4 is 10.1 Å². The lowest BCUT2D eigenvalue weighted by Gasteiger charge is -2.13. The van der Waals surface area contributed by atoms with Crippen molar-refractivity contribution in [3.63, 3.8) is 0 Å². The summed E-state index contributed by atoms with van der Waals surface area (Å²) < 4.78 is 19.5. The van der Waals surface area contributed by atoms with Crippen molar-refractivity contribution in [2.75, 3.05) is 13.2 Å². The van der Waals surface area contributed by atoms with Gasteiger partial charge in [0.1, 0.15) is 30.8 Å². The summed E-state index contributed by atoms with van der Waals surface area (Å²) in [5.74, 6) is -0.142. The molecule has 0 saturated heterocycles. The molecule has 2 aromatic rings. The van der Waals surface area contributed by atoms with Gasteiger partial charge in [0.25, 0.3) is 0 Å². The Labute approximate surface area is 127 Å². The smallest absolute Gasteiger partial charge is 0.241 e. The van der Waals surface area contributed by atoms with Gasteiger partial charge in [0.05, 0.1) is 6.20 Å². The highest BCUT2D eigenvalue weighted by Gasteiger charge is 2.09. The lowest BCUT2D eigenvalue weighted by Crippen LogP contribution is -2.37. The van der Waals surface area contributed by atoms with E-state index in [1.54, 1.807) is 12.4 Å².